The lowest BCUT2D eigenvalue weighted by Gasteiger charge is -2.13. The first-order valence-corrected chi connectivity index (χ1v) is 7.77. The summed E-state index contributed by atoms with van der Waals surface area (Å²) in [5.41, 5.74) is 0.914. The zero-order valence-electron chi connectivity index (χ0n) is 12.4. The van der Waals surface area contributed by atoms with Gasteiger partial charge in [-0.3, -0.25) is 10.00 Å². The summed E-state index contributed by atoms with van der Waals surface area (Å²) in [5.74, 6) is 0.599. The summed E-state index contributed by atoms with van der Waals surface area (Å²) in [6, 6.07) is 9.19. The molecule has 1 atom stereocenters. The molecule has 0 radical (unpaired) electrons. The van der Waals surface area contributed by atoms with Crippen LogP contribution in [0.2, 0.25) is 0 Å². The quantitative estimate of drug-likeness (QED) is 0.746. The van der Waals surface area contributed by atoms with Crippen LogP contribution in [0.4, 0.5) is 9.93 Å². The van der Waals surface area contributed by atoms with E-state index in [0.29, 0.717) is 17.5 Å². The van der Waals surface area contributed by atoms with Crippen LogP contribution in [0.1, 0.15) is 6.92 Å². The molecule has 0 aliphatic carbocycles. The van der Waals surface area contributed by atoms with Crippen molar-refractivity contribution in [2.75, 3.05) is 5.32 Å². The predicted molar refractivity (Wildman–Crippen MR) is 87.0 cm³/mol. The number of amides is 2. The van der Waals surface area contributed by atoms with Crippen LogP contribution in [0.5, 0.6) is 0 Å². The second kappa shape index (κ2) is 6.97. The molecule has 118 valence electrons. The van der Waals surface area contributed by atoms with Crippen molar-refractivity contribution < 1.29 is 4.79 Å². The van der Waals surface area contributed by atoms with Crippen LogP contribution in [0.15, 0.2) is 43.0 Å². The lowest BCUT2D eigenvalue weighted by molar-refractivity contribution is 0.247. The molecule has 9 heteroatoms. The van der Waals surface area contributed by atoms with E-state index in [9.17, 15) is 4.79 Å². The third kappa shape index (κ3) is 4.10. The molecule has 3 aromatic rings. The van der Waals surface area contributed by atoms with Gasteiger partial charge in [0.2, 0.25) is 5.13 Å². The Kier molecular flexibility index (Phi) is 4.57. The zero-order valence-corrected chi connectivity index (χ0v) is 13.2. The average molecular weight is 329 g/mol. The number of hydrogen-bond acceptors (Lipinski definition) is 6. The molecule has 1 aromatic carbocycles. The van der Waals surface area contributed by atoms with Gasteiger partial charge in [0, 0.05) is 23.1 Å². The van der Waals surface area contributed by atoms with Crippen molar-refractivity contribution in [3.63, 3.8) is 0 Å². The van der Waals surface area contributed by atoms with Crippen LogP contribution in [0.25, 0.3) is 11.4 Å². The molecular weight excluding hydrogens is 314 g/mol. The summed E-state index contributed by atoms with van der Waals surface area (Å²) in [7, 11) is 0. The molecule has 0 fully saturated rings. The van der Waals surface area contributed by atoms with Crippen LogP contribution < -0.4 is 10.6 Å². The lowest BCUT2D eigenvalue weighted by Crippen LogP contribution is -2.38. The largest absolute Gasteiger partial charge is 0.333 e. The van der Waals surface area contributed by atoms with Crippen LogP contribution in [-0.2, 0) is 6.54 Å². The summed E-state index contributed by atoms with van der Waals surface area (Å²) in [6.45, 7) is 2.43. The highest BCUT2D eigenvalue weighted by Gasteiger charge is 2.12. The maximum Gasteiger partial charge on any atom is 0.321 e. The predicted octanol–water partition coefficient (Wildman–Crippen LogP) is 2.01. The van der Waals surface area contributed by atoms with Gasteiger partial charge in [-0.05, 0) is 6.92 Å². The Labute approximate surface area is 136 Å². The van der Waals surface area contributed by atoms with E-state index in [2.05, 4.69) is 30.1 Å². The molecule has 0 spiro atoms. The van der Waals surface area contributed by atoms with Crippen molar-refractivity contribution in [1.29, 1.82) is 0 Å². The van der Waals surface area contributed by atoms with Gasteiger partial charge in [-0.2, -0.15) is 14.5 Å². The van der Waals surface area contributed by atoms with Gasteiger partial charge in [-0.1, -0.05) is 30.3 Å². The van der Waals surface area contributed by atoms with Gasteiger partial charge >= 0.3 is 6.03 Å². The number of benzene rings is 1. The van der Waals surface area contributed by atoms with E-state index in [1.165, 1.54) is 6.33 Å². The molecule has 0 aliphatic rings. The van der Waals surface area contributed by atoms with Gasteiger partial charge in [0.1, 0.15) is 12.7 Å². The summed E-state index contributed by atoms with van der Waals surface area (Å²) in [5, 5.41) is 9.96. The number of urea groups is 1. The summed E-state index contributed by atoms with van der Waals surface area (Å²) in [4.78, 5) is 20.1. The summed E-state index contributed by atoms with van der Waals surface area (Å²) >= 11 is 1.14. The number of carbonyl (C=O) groups is 1. The Morgan fingerprint density at radius 1 is 1.35 bits per heavy atom. The van der Waals surface area contributed by atoms with E-state index < -0.39 is 0 Å². The minimum absolute atomic E-state index is 0.0989. The maximum atomic E-state index is 12.0. The van der Waals surface area contributed by atoms with E-state index in [1.807, 2.05) is 37.3 Å². The molecule has 2 N–H and O–H groups in total. The van der Waals surface area contributed by atoms with Crippen LogP contribution in [-0.4, -0.2) is 36.2 Å². The monoisotopic (exact) mass is 329 g/mol. The van der Waals surface area contributed by atoms with Crippen molar-refractivity contribution >= 4 is 22.7 Å². The standard InChI is InChI=1S/C14H15N7OS/c1-10(7-21-9-15-8-16-21)17-13(22)19-14-18-12(20-23-14)11-5-3-2-4-6-11/h2-6,8-10H,7H2,1H3,(H2,17,18,19,20,22). The third-order valence-corrected chi connectivity index (χ3v) is 3.61. The summed E-state index contributed by atoms with van der Waals surface area (Å²) in [6.07, 6.45) is 3.06. The first kappa shape index (κ1) is 15.1. The first-order valence-electron chi connectivity index (χ1n) is 7.00. The summed E-state index contributed by atoms with van der Waals surface area (Å²) < 4.78 is 5.90. The second-order valence-electron chi connectivity index (χ2n) is 4.91. The van der Waals surface area contributed by atoms with Gasteiger partial charge in [0.15, 0.2) is 5.82 Å². The van der Waals surface area contributed by atoms with E-state index in [0.717, 1.165) is 17.1 Å². The van der Waals surface area contributed by atoms with Crippen molar-refractivity contribution in [3.8, 4) is 11.4 Å². The van der Waals surface area contributed by atoms with Crippen molar-refractivity contribution in [2.24, 2.45) is 0 Å². The lowest BCUT2D eigenvalue weighted by atomic mass is 10.2. The fourth-order valence-electron chi connectivity index (χ4n) is 1.99. The van der Waals surface area contributed by atoms with Gasteiger partial charge < -0.3 is 5.32 Å². The van der Waals surface area contributed by atoms with Crippen molar-refractivity contribution in [1.82, 2.24) is 29.4 Å². The Hall–Kier alpha value is -2.81. The van der Waals surface area contributed by atoms with Gasteiger partial charge in [0.05, 0.1) is 6.54 Å². The van der Waals surface area contributed by atoms with Crippen LogP contribution in [0, 0.1) is 0 Å². The van der Waals surface area contributed by atoms with E-state index in [-0.39, 0.29) is 12.1 Å². The van der Waals surface area contributed by atoms with Gasteiger partial charge in [-0.15, -0.1) is 0 Å². The fourth-order valence-corrected chi connectivity index (χ4v) is 2.57. The zero-order chi connectivity index (χ0) is 16.1. The van der Waals surface area contributed by atoms with E-state index >= 15 is 0 Å². The molecule has 1 unspecified atom stereocenters. The van der Waals surface area contributed by atoms with Crippen molar-refractivity contribution in [3.05, 3.63) is 43.0 Å². The number of hydrogen-bond donors (Lipinski definition) is 2. The Morgan fingerprint density at radius 3 is 2.91 bits per heavy atom. The normalized spacial score (nSPS) is 11.9. The van der Waals surface area contributed by atoms with E-state index in [4.69, 9.17) is 0 Å². The molecular formula is C14H15N7OS. The van der Waals surface area contributed by atoms with Gasteiger partial charge in [-0.25, -0.2) is 9.78 Å². The molecule has 3 rings (SSSR count). The molecule has 2 heterocycles. The maximum absolute atomic E-state index is 12.0. The molecule has 8 nitrogen and oxygen atoms in total. The Balaban J connectivity index is 1.55. The number of carbonyl (C=O) groups excluding carboxylic acids is 1. The van der Waals surface area contributed by atoms with Crippen molar-refractivity contribution in [2.45, 2.75) is 19.5 Å². The second-order valence-corrected chi connectivity index (χ2v) is 5.66. The van der Waals surface area contributed by atoms with Crippen LogP contribution >= 0.6 is 11.5 Å². The average Bonchev–Trinajstić information content (AvgIpc) is 3.20. The Morgan fingerprint density at radius 2 is 2.17 bits per heavy atom. The first-order chi connectivity index (χ1) is 11.2. The molecule has 2 aromatic heterocycles. The number of nitrogens with one attached hydrogen (secondary N) is 2. The molecule has 0 aliphatic heterocycles. The fraction of sp³-hybridized carbons (Fsp3) is 0.214. The number of anilines is 1. The highest BCUT2D eigenvalue weighted by atomic mass is 32.1. The Bertz CT molecular complexity index is 757. The molecule has 0 saturated heterocycles. The number of rotatable bonds is 5. The highest BCUT2D eigenvalue weighted by molar-refractivity contribution is 7.10. The topological polar surface area (TPSA) is 97.6 Å². The molecule has 2 amide bonds. The smallest absolute Gasteiger partial charge is 0.321 e. The molecule has 0 bridgehead atoms. The van der Waals surface area contributed by atoms with E-state index in [1.54, 1.807) is 11.0 Å². The highest BCUT2D eigenvalue weighted by Crippen LogP contribution is 2.20. The van der Waals surface area contributed by atoms with Gasteiger partial charge in [0.25, 0.3) is 0 Å². The third-order valence-electron chi connectivity index (χ3n) is 2.98. The SMILES string of the molecule is CC(Cn1cncn1)NC(=O)Nc1nc(-c2ccccc2)ns1. The molecule has 23 heavy (non-hydrogen) atoms. The van der Waals surface area contributed by atoms with Crippen LogP contribution in [0.3, 0.4) is 0 Å². The minimum Gasteiger partial charge on any atom is -0.333 e. The number of nitrogens with zero attached hydrogens (tertiary/aromatic N) is 5. The molecule has 0 saturated carbocycles. The number of aromatic nitrogens is 5. The minimum atomic E-state index is -0.326.